The second-order valence-corrected chi connectivity index (χ2v) is 14.2. The van der Waals surface area contributed by atoms with Crippen LogP contribution >= 0.6 is 0 Å². The lowest BCUT2D eigenvalue weighted by Gasteiger charge is -2.14. The predicted octanol–water partition coefficient (Wildman–Crippen LogP) is 13.7. The smallest absolute Gasteiger partial charge is 0.0979 e. The van der Waals surface area contributed by atoms with Gasteiger partial charge in [-0.05, 0) is 86.6 Å². The maximum atomic E-state index is 5.35. The van der Waals surface area contributed by atoms with Crippen LogP contribution in [0.2, 0.25) is 0 Å². The zero-order valence-electron chi connectivity index (χ0n) is 29.9. The molecule has 2 heterocycles. The highest BCUT2D eigenvalue weighted by Crippen LogP contribution is 2.39. The van der Waals surface area contributed by atoms with Crippen molar-refractivity contribution in [2.45, 2.75) is 0 Å². The van der Waals surface area contributed by atoms with Crippen molar-refractivity contribution in [2.75, 3.05) is 0 Å². The lowest BCUT2D eigenvalue weighted by molar-refractivity contribution is 1.18. The van der Waals surface area contributed by atoms with E-state index in [1.165, 1.54) is 60.4 Å². The van der Waals surface area contributed by atoms with Crippen LogP contribution < -0.4 is 0 Å². The molecule has 0 spiro atoms. The quantitative estimate of drug-likeness (QED) is 0.167. The van der Waals surface area contributed by atoms with E-state index < -0.39 is 0 Å². The molecule has 0 N–H and O–H groups in total. The molecule has 0 saturated heterocycles. The highest BCUT2D eigenvalue weighted by molar-refractivity contribution is 6.24. The van der Waals surface area contributed by atoms with E-state index in [-0.39, 0.29) is 0 Å². The molecule has 9 aromatic carbocycles. The maximum Gasteiger partial charge on any atom is 0.0979 e. The number of hydrogen-bond donors (Lipinski definition) is 0. The Morgan fingerprint density at radius 1 is 0.309 bits per heavy atom. The van der Waals surface area contributed by atoms with Crippen molar-refractivity contribution in [1.82, 2.24) is 14.5 Å². The maximum absolute atomic E-state index is 5.35. The minimum absolute atomic E-state index is 0.856. The summed E-state index contributed by atoms with van der Waals surface area (Å²) in [6.45, 7) is 0. The van der Waals surface area contributed by atoms with E-state index >= 15 is 0 Å². The van der Waals surface area contributed by atoms with Gasteiger partial charge in [-0.25, -0.2) is 4.98 Å². The van der Waals surface area contributed by atoms with Gasteiger partial charge in [-0.3, -0.25) is 4.98 Å². The molecule has 11 aromatic rings. The van der Waals surface area contributed by atoms with E-state index in [1.54, 1.807) is 0 Å². The third-order valence-electron chi connectivity index (χ3n) is 11.0. The summed E-state index contributed by atoms with van der Waals surface area (Å²) in [5, 5.41) is 7.04. The first-order chi connectivity index (χ1) is 27.3. The van der Waals surface area contributed by atoms with Crippen LogP contribution in [-0.2, 0) is 0 Å². The van der Waals surface area contributed by atoms with Gasteiger partial charge in [0.1, 0.15) is 0 Å². The van der Waals surface area contributed by atoms with Crippen molar-refractivity contribution in [3.8, 4) is 50.3 Å². The van der Waals surface area contributed by atoms with Crippen molar-refractivity contribution in [2.24, 2.45) is 0 Å². The molecule has 0 bridgehead atoms. The van der Waals surface area contributed by atoms with Gasteiger partial charge in [0.15, 0.2) is 0 Å². The molecular formula is C52H33N3. The van der Waals surface area contributed by atoms with Crippen LogP contribution in [0.15, 0.2) is 200 Å². The SMILES string of the molecule is c1ccc(-c2ccc3c(c2)c2cc(-c4ccccc4)ccc2c2nc(-c4ccc(-c5ccc6c(c5)c5ccccc5n6-c5ccccc5)cc4)cnc32)cc1. The second kappa shape index (κ2) is 12.6. The number of benzene rings is 9. The number of aromatic nitrogens is 3. The summed E-state index contributed by atoms with van der Waals surface area (Å²) in [6.07, 6.45) is 1.93. The number of para-hydroxylation sites is 2. The summed E-state index contributed by atoms with van der Waals surface area (Å²) in [5.41, 5.74) is 14.4. The first-order valence-corrected chi connectivity index (χ1v) is 18.7. The van der Waals surface area contributed by atoms with Gasteiger partial charge in [0, 0.05) is 32.8 Å². The summed E-state index contributed by atoms with van der Waals surface area (Å²) >= 11 is 0. The lowest BCUT2D eigenvalue weighted by Crippen LogP contribution is -1.93. The van der Waals surface area contributed by atoms with E-state index in [1.807, 2.05) is 6.20 Å². The van der Waals surface area contributed by atoms with E-state index in [4.69, 9.17) is 9.97 Å². The Morgan fingerprint density at radius 3 is 1.44 bits per heavy atom. The van der Waals surface area contributed by atoms with Gasteiger partial charge in [0.25, 0.3) is 0 Å². The Kier molecular flexibility index (Phi) is 7.17. The topological polar surface area (TPSA) is 30.7 Å². The largest absolute Gasteiger partial charge is 0.309 e. The second-order valence-electron chi connectivity index (χ2n) is 14.2. The first-order valence-electron chi connectivity index (χ1n) is 18.7. The van der Waals surface area contributed by atoms with Gasteiger partial charge >= 0.3 is 0 Å². The highest BCUT2D eigenvalue weighted by atomic mass is 15.0. The lowest BCUT2D eigenvalue weighted by atomic mass is 9.93. The standard InChI is InChI=1S/C52H33N3/c1-4-12-34(13-5-1)38-24-27-43-45(30-38)46-31-39(35-14-6-2-7-15-35)25-28-44(46)52-51(43)53-33-48(54-52)37-22-20-36(21-23-37)40-26-29-50-47(32-40)42-18-10-11-19-49(42)55(50)41-16-8-3-9-17-41/h1-33H. The summed E-state index contributed by atoms with van der Waals surface area (Å²) in [4.78, 5) is 10.5. The molecule has 256 valence electrons. The molecule has 0 aliphatic carbocycles. The van der Waals surface area contributed by atoms with E-state index in [9.17, 15) is 0 Å². The summed E-state index contributed by atoms with van der Waals surface area (Å²) in [7, 11) is 0. The summed E-state index contributed by atoms with van der Waals surface area (Å²) < 4.78 is 2.35. The molecule has 0 unspecified atom stereocenters. The van der Waals surface area contributed by atoms with Crippen molar-refractivity contribution >= 4 is 54.4 Å². The Bertz CT molecular complexity index is 3220. The Morgan fingerprint density at radius 2 is 0.782 bits per heavy atom. The molecule has 0 aliphatic rings. The number of hydrogen-bond acceptors (Lipinski definition) is 2. The molecule has 0 fully saturated rings. The highest BCUT2D eigenvalue weighted by Gasteiger charge is 2.16. The third-order valence-corrected chi connectivity index (χ3v) is 11.0. The molecule has 55 heavy (non-hydrogen) atoms. The molecule has 0 radical (unpaired) electrons. The van der Waals surface area contributed by atoms with Crippen molar-refractivity contribution in [1.29, 1.82) is 0 Å². The fourth-order valence-corrected chi connectivity index (χ4v) is 8.32. The average Bonchev–Trinajstić information content (AvgIpc) is 3.60. The van der Waals surface area contributed by atoms with Crippen LogP contribution in [-0.4, -0.2) is 14.5 Å². The zero-order chi connectivity index (χ0) is 36.3. The molecule has 3 nitrogen and oxygen atoms in total. The van der Waals surface area contributed by atoms with Gasteiger partial charge in [-0.15, -0.1) is 0 Å². The van der Waals surface area contributed by atoms with E-state index in [0.717, 1.165) is 44.3 Å². The summed E-state index contributed by atoms with van der Waals surface area (Å²) in [6, 6.07) is 69.5. The summed E-state index contributed by atoms with van der Waals surface area (Å²) in [5.74, 6) is 0. The molecule has 2 aromatic heterocycles. The minimum Gasteiger partial charge on any atom is -0.309 e. The van der Waals surface area contributed by atoms with Crippen LogP contribution in [0.25, 0.3) is 105 Å². The molecule has 3 heteroatoms. The molecule has 0 aliphatic heterocycles. The minimum atomic E-state index is 0.856. The zero-order valence-corrected chi connectivity index (χ0v) is 29.9. The first kappa shape index (κ1) is 31.2. The van der Waals surface area contributed by atoms with E-state index in [0.29, 0.717) is 0 Å². The number of nitrogens with zero attached hydrogens (tertiary/aromatic N) is 3. The van der Waals surface area contributed by atoms with Crippen LogP contribution in [0.4, 0.5) is 0 Å². The fourth-order valence-electron chi connectivity index (χ4n) is 8.32. The van der Waals surface area contributed by atoms with Gasteiger partial charge in [-0.1, -0.05) is 152 Å². The van der Waals surface area contributed by atoms with Crippen molar-refractivity contribution < 1.29 is 0 Å². The Hall–Kier alpha value is -7.36. The van der Waals surface area contributed by atoms with Gasteiger partial charge in [0.2, 0.25) is 0 Å². The Balaban J connectivity index is 1.02. The van der Waals surface area contributed by atoms with Crippen LogP contribution in [0, 0.1) is 0 Å². The molecule has 0 amide bonds. The third kappa shape index (κ3) is 5.20. The van der Waals surface area contributed by atoms with Crippen LogP contribution in [0.1, 0.15) is 0 Å². The van der Waals surface area contributed by atoms with Crippen molar-refractivity contribution in [3.05, 3.63) is 200 Å². The Labute approximate surface area is 318 Å². The van der Waals surface area contributed by atoms with Crippen LogP contribution in [0.3, 0.4) is 0 Å². The monoisotopic (exact) mass is 699 g/mol. The predicted molar refractivity (Wildman–Crippen MR) is 231 cm³/mol. The van der Waals surface area contributed by atoms with Gasteiger partial charge in [-0.2, -0.15) is 0 Å². The average molecular weight is 700 g/mol. The van der Waals surface area contributed by atoms with Gasteiger partial charge < -0.3 is 4.57 Å². The fraction of sp³-hybridized carbons (Fsp3) is 0. The molecule has 11 rings (SSSR count). The number of fused-ring (bicyclic) bond motifs is 9. The normalized spacial score (nSPS) is 11.6. The van der Waals surface area contributed by atoms with Crippen molar-refractivity contribution in [3.63, 3.8) is 0 Å². The molecule has 0 atom stereocenters. The molecular weight excluding hydrogens is 667 g/mol. The van der Waals surface area contributed by atoms with Gasteiger partial charge in [0.05, 0.1) is 34.0 Å². The van der Waals surface area contributed by atoms with Crippen LogP contribution in [0.5, 0.6) is 0 Å². The molecule has 0 saturated carbocycles. The van der Waals surface area contributed by atoms with E-state index in [2.05, 4.69) is 199 Å². The number of rotatable bonds is 5.